The van der Waals surface area contributed by atoms with Crippen LogP contribution in [0.4, 0.5) is 13.2 Å². The third kappa shape index (κ3) is 2.52. The third-order valence-electron chi connectivity index (χ3n) is 3.61. The summed E-state index contributed by atoms with van der Waals surface area (Å²) in [6.07, 6.45) is -1.77. The predicted molar refractivity (Wildman–Crippen MR) is 60.4 cm³/mol. The summed E-state index contributed by atoms with van der Waals surface area (Å²) in [6, 6.07) is 0. The lowest BCUT2D eigenvalue weighted by atomic mass is 9.81. The molecule has 0 bridgehead atoms. The molecule has 0 unspecified atom stereocenters. The fraction of sp³-hybridized carbons (Fsp3) is 0.636. The molecule has 0 aliphatic heterocycles. The normalized spacial score (nSPS) is 23.9. The van der Waals surface area contributed by atoms with E-state index >= 15 is 0 Å². The molecule has 0 saturated heterocycles. The number of hydrogen-bond acceptors (Lipinski definition) is 5. The maximum absolute atomic E-state index is 12.6. The number of hydrogen-bond donors (Lipinski definition) is 1. The molecule has 1 fully saturated rings. The van der Waals surface area contributed by atoms with Crippen LogP contribution in [0.25, 0.3) is 11.6 Å². The Labute approximate surface area is 111 Å². The molecule has 0 aromatic carbocycles. The largest absolute Gasteiger partial charge is 0.391 e. The average Bonchev–Trinajstić information content (AvgIpc) is 3.09. The number of rotatable bonds is 2. The van der Waals surface area contributed by atoms with Crippen LogP contribution in [0.5, 0.6) is 0 Å². The predicted octanol–water partition coefficient (Wildman–Crippen LogP) is 2.69. The van der Waals surface area contributed by atoms with Gasteiger partial charge < -0.3 is 4.52 Å². The molecule has 6 nitrogen and oxygen atoms in total. The van der Waals surface area contributed by atoms with Crippen molar-refractivity contribution in [3.05, 3.63) is 12.2 Å². The maximum atomic E-state index is 12.6. The van der Waals surface area contributed by atoms with Crippen LogP contribution in [0.3, 0.4) is 0 Å². The Morgan fingerprint density at radius 3 is 2.55 bits per heavy atom. The first kappa shape index (κ1) is 13.1. The van der Waals surface area contributed by atoms with Crippen molar-refractivity contribution in [2.75, 3.05) is 0 Å². The molecule has 0 radical (unpaired) electrons. The summed E-state index contributed by atoms with van der Waals surface area (Å²) in [5.41, 5.74) is 0. The number of aromatic nitrogens is 5. The summed E-state index contributed by atoms with van der Waals surface area (Å²) in [6.45, 7) is 0. The zero-order valence-electron chi connectivity index (χ0n) is 10.4. The highest BCUT2D eigenvalue weighted by molar-refractivity contribution is 5.39. The number of nitrogens with zero attached hydrogens (tertiary/aromatic N) is 4. The Bertz CT molecular complexity index is 557. The summed E-state index contributed by atoms with van der Waals surface area (Å²) in [5.74, 6) is -0.301. The van der Waals surface area contributed by atoms with Gasteiger partial charge in [0.1, 0.15) is 6.33 Å². The zero-order valence-corrected chi connectivity index (χ0v) is 10.4. The van der Waals surface area contributed by atoms with Crippen LogP contribution in [0.15, 0.2) is 10.9 Å². The molecule has 0 atom stereocenters. The van der Waals surface area contributed by atoms with Crippen molar-refractivity contribution in [3.8, 4) is 11.6 Å². The summed E-state index contributed by atoms with van der Waals surface area (Å²) in [5, 5.41) is 10.0. The zero-order chi connectivity index (χ0) is 14.2. The van der Waals surface area contributed by atoms with Gasteiger partial charge in [-0.3, -0.25) is 5.10 Å². The van der Waals surface area contributed by atoms with E-state index in [4.69, 9.17) is 4.52 Å². The Hall–Kier alpha value is -1.93. The second-order valence-corrected chi connectivity index (χ2v) is 4.88. The van der Waals surface area contributed by atoms with Crippen LogP contribution < -0.4 is 0 Å². The lowest BCUT2D eigenvalue weighted by Crippen LogP contribution is -2.27. The Morgan fingerprint density at radius 2 is 1.95 bits per heavy atom. The number of aromatic amines is 1. The van der Waals surface area contributed by atoms with Crippen LogP contribution in [-0.4, -0.2) is 31.5 Å². The SMILES string of the molecule is FC(F)(F)C1CCC(c2nc(-c3ncn[nH]3)no2)CC1. The van der Waals surface area contributed by atoms with Crippen molar-refractivity contribution in [2.24, 2.45) is 5.92 Å². The van der Waals surface area contributed by atoms with Crippen molar-refractivity contribution >= 4 is 0 Å². The summed E-state index contributed by atoms with van der Waals surface area (Å²) in [7, 11) is 0. The van der Waals surface area contributed by atoms with Crippen LogP contribution in [0.2, 0.25) is 0 Å². The topological polar surface area (TPSA) is 80.5 Å². The molecule has 1 saturated carbocycles. The number of halogens is 3. The van der Waals surface area contributed by atoms with Crippen LogP contribution >= 0.6 is 0 Å². The molecule has 108 valence electrons. The lowest BCUT2D eigenvalue weighted by Gasteiger charge is -2.27. The van der Waals surface area contributed by atoms with E-state index in [9.17, 15) is 13.2 Å². The van der Waals surface area contributed by atoms with Gasteiger partial charge in [0.05, 0.1) is 5.92 Å². The smallest absolute Gasteiger partial charge is 0.339 e. The fourth-order valence-corrected chi connectivity index (χ4v) is 2.48. The van der Waals surface area contributed by atoms with Crippen LogP contribution in [-0.2, 0) is 0 Å². The number of alkyl halides is 3. The van der Waals surface area contributed by atoms with E-state index < -0.39 is 12.1 Å². The van der Waals surface area contributed by atoms with Crippen LogP contribution in [0.1, 0.15) is 37.5 Å². The van der Waals surface area contributed by atoms with E-state index in [2.05, 4.69) is 25.3 Å². The highest BCUT2D eigenvalue weighted by Crippen LogP contribution is 2.42. The molecule has 1 aliphatic rings. The van der Waals surface area contributed by atoms with E-state index in [1.165, 1.54) is 6.33 Å². The van der Waals surface area contributed by atoms with Gasteiger partial charge in [0.15, 0.2) is 5.82 Å². The first-order chi connectivity index (χ1) is 9.54. The molecule has 9 heteroatoms. The third-order valence-corrected chi connectivity index (χ3v) is 3.61. The van der Waals surface area contributed by atoms with Gasteiger partial charge in [0.25, 0.3) is 0 Å². The van der Waals surface area contributed by atoms with Crippen molar-refractivity contribution in [2.45, 2.75) is 37.8 Å². The molecule has 3 rings (SSSR count). The molecule has 20 heavy (non-hydrogen) atoms. The molecule has 1 aliphatic carbocycles. The van der Waals surface area contributed by atoms with Crippen molar-refractivity contribution in [3.63, 3.8) is 0 Å². The number of H-pyrrole nitrogens is 1. The first-order valence-corrected chi connectivity index (χ1v) is 6.30. The van der Waals surface area contributed by atoms with Crippen molar-refractivity contribution in [1.29, 1.82) is 0 Å². The molecule has 2 aromatic rings. The molecule has 1 N–H and O–H groups in total. The lowest BCUT2D eigenvalue weighted by molar-refractivity contribution is -0.182. The van der Waals surface area contributed by atoms with E-state index in [0.717, 1.165) is 0 Å². The van der Waals surface area contributed by atoms with Gasteiger partial charge >= 0.3 is 6.18 Å². The molecule has 2 aromatic heterocycles. The standard InChI is InChI=1S/C11H12F3N5O/c12-11(13,14)7-3-1-6(2-4-7)10-17-9(19-20-10)8-15-5-16-18-8/h5-7H,1-4H2,(H,15,16,18). The van der Waals surface area contributed by atoms with E-state index in [-0.39, 0.29) is 24.6 Å². The highest BCUT2D eigenvalue weighted by Gasteiger charge is 2.42. The minimum absolute atomic E-state index is 0.105. The van der Waals surface area contributed by atoms with Gasteiger partial charge in [-0.1, -0.05) is 5.16 Å². The first-order valence-electron chi connectivity index (χ1n) is 6.30. The Kier molecular flexibility index (Phi) is 3.19. The minimum Gasteiger partial charge on any atom is -0.339 e. The quantitative estimate of drug-likeness (QED) is 0.918. The van der Waals surface area contributed by atoms with E-state index in [1.54, 1.807) is 0 Å². The van der Waals surface area contributed by atoms with Crippen LogP contribution in [0, 0.1) is 5.92 Å². The maximum Gasteiger partial charge on any atom is 0.391 e. The van der Waals surface area contributed by atoms with Gasteiger partial charge in [0.2, 0.25) is 11.7 Å². The highest BCUT2D eigenvalue weighted by atomic mass is 19.4. The fourth-order valence-electron chi connectivity index (χ4n) is 2.48. The summed E-state index contributed by atoms with van der Waals surface area (Å²) < 4.78 is 42.9. The number of nitrogens with one attached hydrogen (secondary N) is 1. The summed E-state index contributed by atoms with van der Waals surface area (Å²) >= 11 is 0. The molecule has 0 amide bonds. The second kappa shape index (κ2) is 4.88. The molecule has 2 heterocycles. The van der Waals surface area contributed by atoms with Gasteiger partial charge in [-0.05, 0) is 25.7 Å². The van der Waals surface area contributed by atoms with Crippen molar-refractivity contribution in [1.82, 2.24) is 25.3 Å². The average molecular weight is 287 g/mol. The summed E-state index contributed by atoms with van der Waals surface area (Å²) in [4.78, 5) is 8.06. The van der Waals surface area contributed by atoms with Gasteiger partial charge in [0, 0.05) is 5.92 Å². The van der Waals surface area contributed by atoms with E-state index in [0.29, 0.717) is 24.6 Å². The molecular weight excluding hydrogens is 275 g/mol. The molecular formula is C11H12F3N5O. The van der Waals surface area contributed by atoms with E-state index in [1.807, 2.05) is 0 Å². The second-order valence-electron chi connectivity index (χ2n) is 4.88. The van der Waals surface area contributed by atoms with Gasteiger partial charge in [-0.15, -0.1) is 0 Å². The Balaban J connectivity index is 1.67. The van der Waals surface area contributed by atoms with Gasteiger partial charge in [-0.25, -0.2) is 4.98 Å². The monoisotopic (exact) mass is 287 g/mol. The molecule has 0 spiro atoms. The van der Waals surface area contributed by atoms with Gasteiger partial charge in [-0.2, -0.15) is 23.3 Å². The minimum atomic E-state index is -4.11. The Morgan fingerprint density at radius 1 is 1.20 bits per heavy atom. The van der Waals surface area contributed by atoms with Crippen molar-refractivity contribution < 1.29 is 17.7 Å².